The predicted molar refractivity (Wildman–Crippen MR) is 69.4 cm³/mol. The highest BCUT2D eigenvalue weighted by Gasteiger charge is 2.32. The van der Waals surface area contributed by atoms with Crippen LogP contribution in [0.15, 0.2) is 42.9 Å². The van der Waals surface area contributed by atoms with Gasteiger partial charge in [0, 0.05) is 31.7 Å². The molecule has 1 amide bonds. The molecule has 3 heterocycles. The van der Waals surface area contributed by atoms with Gasteiger partial charge in [0.1, 0.15) is 6.04 Å². The van der Waals surface area contributed by atoms with Crippen LogP contribution in [0.5, 0.6) is 0 Å². The van der Waals surface area contributed by atoms with Crippen molar-refractivity contribution in [2.45, 2.75) is 6.04 Å². The fourth-order valence-electron chi connectivity index (χ4n) is 2.08. The first kappa shape index (κ1) is 11.7. The summed E-state index contributed by atoms with van der Waals surface area (Å²) in [6.07, 6.45) is 4.95. The van der Waals surface area contributed by atoms with E-state index in [0.717, 1.165) is 0 Å². The van der Waals surface area contributed by atoms with E-state index in [1.807, 2.05) is 18.2 Å². The van der Waals surface area contributed by atoms with Crippen LogP contribution in [0.2, 0.25) is 0 Å². The molecule has 0 radical (unpaired) electrons. The molecule has 3 rings (SSSR count). The second kappa shape index (κ2) is 5.11. The molecule has 2 aromatic rings. The molecule has 1 atom stereocenters. The highest BCUT2D eigenvalue weighted by atomic mass is 16.2. The van der Waals surface area contributed by atoms with Crippen LogP contribution < -0.4 is 10.2 Å². The Morgan fingerprint density at radius 1 is 1.11 bits per heavy atom. The normalized spacial score (nSPS) is 19.5. The first-order chi connectivity index (χ1) is 9.36. The molecule has 0 aromatic carbocycles. The second-order valence-electron chi connectivity index (χ2n) is 4.18. The lowest BCUT2D eigenvalue weighted by Crippen LogP contribution is -2.51. The largest absolute Gasteiger partial charge is 0.299 e. The van der Waals surface area contributed by atoms with Gasteiger partial charge in [-0.1, -0.05) is 6.07 Å². The molecule has 0 aliphatic carbocycles. The van der Waals surface area contributed by atoms with E-state index in [-0.39, 0.29) is 5.91 Å². The zero-order valence-electron chi connectivity index (χ0n) is 10.2. The molecular formula is C13H13N5O. The zero-order valence-corrected chi connectivity index (χ0v) is 10.2. The maximum atomic E-state index is 12.5. The molecule has 1 aliphatic rings. The molecule has 0 bridgehead atoms. The number of piperazine rings is 1. The maximum Gasteiger partial charge on any atom is 0.252 e. The van der Waals surface area contributed by atoms with E-state index in [9.17, 15) is 4.79 Å². The van der Waals surface area contributed by atoms with E-state index < -0.39 is 6.04 Å². The number of nitrogens with one attached hydrogen (secondary N) is 1. The summed E-state index contributed by atoms with van der Waals surface area (Å²) in [5.74, 6) is 0.367. The summed E-state index contributed by atoms with van der Waals surface area (Å²) in [6, 6.07) is 6.83. The van der Waals surface area contributed by atoms with E-state index in [0.29, 0.717) is 24.7 Å². The molecule has 0 saturated carbocycles. The highest BCUT2D eigenvalue weighted by Crippen LogP contribution is 2.19. The van der Waals surface area contributed by atoms with Crippen molar-refractivity contribution in [3.05, 3.63) is 48.5 Å². The topological polar surface area (TPSA) is 71.0 Å². The second-order valence-corrected chi connectivity index (χ2v) is 4.18. The first-order valence-corrected chi connectivity index (χ1v) is 6.09. The van der Waals surface area contributed by atoms with Crippen molar-refractivity contribution in [2.75, 3.05) is 18.0 Å². The summed E-state index contributed by atoms with van der Waals surface area (Å²) in [6.45, 7) is 1.25. The molecule has 1 unspecified atom stereocenters. The van der Waals surface area contributed by atoms with Gasteiger partial charge in [-0.15, -0.1) is 0 Å². The van der Waals surface area contributed by atoms with Crippen LogP contribution in [-0.4, -0.2) is 33.9 Å². The van der Waals surface area contributed by atoms with Gasteiger partial charge in [-0.05, 0) is 18.2 Å². The molecule has 6 heteroatoms. The Morgan fingerprint density at radius 2 is 1.89 bits per heavy atom. The standard InChI is InChI=1S/C13H13N5O/c19-12-11(10-4-1-2-5-14-10)15-8-9-18(12)13-16-6-3-7-17-13/h1-7,11,15H,8-9H2. The van der Waals surface area contributed by atoms with Crippen molar-refractivity contribution in [3.63, 3.8) is 0 Å². The lowest BCUT2D eigenvalue weighted by atomic mass is 10.1. The van der Waals surface area contributed by atoms with Crippen LogP contribution >= 0.6 is 0 Å². The number of hydrogen-bond donors (Lipinski definition) is 1. The van der Waals surface area contributed by atoms with Crippen LogP contribution in [0.3, 0.4) is 0 Å². The Bertz CT molecular complexity index is 510. The minimum atomic E-state index is -0.432. The number of nitrogens with zero attached hydrogens (tertiary/aromatic N) is 4. The molecule has 0 spiro atoms. The number of rotatable bonds is 2. The van der Waals surface area contributed by atoms with Gasteiger partial charge in [0.15, 0.2) is 0 Å². The molecular weight excluding hydrogens is 242 g/mol. The Labute approximate surface area is 110 Å². The van der Waals surface area contributed by atoms with Gasteiger partial charge >= 0.3 is 0 Å². The van der Waals surface area contributed by atoms with E-state index in [2.05, 4.69) is 20.3 Å². The fourth-order valence-corrected chi connectivity index (χ4v) is 2.08. The van der Waals surface area contributed by atoms with Crippen molar-refractivity contribution in [2.24, 2.45) is 0 Å². The molecule has 19 heavy (non-hydrogen) atoms. The monoisotopic (exact) mass is 255 g/mol. The van der Waals surface area contributed by atoms with Crippen molar-refractivity contribution in [1.82, 2.24) is 20.3 Å². The van der Waals surface area contributed by atoms with E-state index in [1.165, 1.54) is 0 Å². The fraction of sp³-hybridized carbons (Fsp3) is 0.231. The van der Waals surface area contributed by atoms with Crippen LogP contribution in [0.1, 0.15) is 11.7 Å². The highest BCUT2D eigenvalue weighted by molar-refractivity contribution is 5.96. The van der Waals surface area contributed by atoms with Crippen LogP contribution in [0.25, 0.3) is 0 Å². The van der Waals surface area contributed by atoms with Gasteiger partial charge in [0.25, 0.3) is 5.91 Å². The lowest BCUT2D eigenvalue weighted by Gasteiger charge is -2.31. The van der Waals surface area contributed by atoms with Gasteiger partial charge in [0.2, 0.25) is 5.95 Å². The van der Waals surface area contributed by atoms with Crippen molar-refractivity contribution < 1.29 is 4.79 Å². The molecule has 1 fully saturated rings. The van der Waals surface area contributed by atoms with Gasteiger partial charge < -0.3 is 0 Å². The van der Waals surface area contributed by atoms with E-state index >= 15 is 0 Å². The Morgan fingerprint density at radius 3 is 2.63 bits per heavy atom. The number of amides is 1. The number of hydrogen-bond acceptors (Lipinski definition) is 5. The van der Waals surface area contributed by atoms with Crippen LogP contribution in [0, 0.1) is 0 Å². The van der Waals surface area contributed by atoms with E-state index in [4.69, 9.17) is 0 Å². The van der Waals surface area contributed by atoms with Gasteiger partial charge in [0.05, 0.1) is 5.69 Å². The Balaban J connectivity index is 1.88. The van der Waals surface area contributed by atoms with Crippen molar-refractivity contribution >= 4 is 11.9 Å². The number of aromatic nitrogens is 3. The summed E-state index contributed by atoms with van der Waals surface area (Å²) >= 11 is 0. The summed E-state index contributed by atoms with van der Waals surface area (Å²) in [5, 5.41) is 3.18. The summed E-state index contributed by atoms with van der Waals surface area (Å²) in [4.78, 5) is 26.5. The SMILES string of the molecule is O=C1C(c2ccccn2)NCCN1c1ncccn1. The lowest BCUT2D eigenvalue weighted by molar-refractivity contribution is -0.121. The molecule has 1 saturated heterocycles. The number of carbonyl (C=O) groups is 1. The maximum absolute atomic E-state index is 12.5. The molecule has 1 N–H and O–H groups in total. The number of pyridine rings is 1. The number of anilines is 1. The zero-order chi connectivity index (χ0) is 13.1. The average Bonchev–Trinajstić information content (AvgIpc) is 2.49. The summed E-state index contributed by atoms with van der Waals surface area (Å²) in [7, 11) is 0. The molecule has 96 valence electrons. The smallest absolute Gasteiger partial charge is 0.252 e. The Kier molecular flexibility index (Phi) is 3.16. The average molecular weight is 255 g/mol. The quantitative estimate of drug-likeness (QED) is 0.848. The Hall–Kier alpha value is -2.34. The third-order valence-electron chi connectivity index (χ3n) is 2.97. The number of carbonyl (C=O) groups excluding carboxylic acids is 1. The van der Waals surface area contributed by atoms with Gasteiger partial charge in [-0.2, -0.15) is 0 Å². The predicted octanol–water partition coefficient (Wildman–Crippen LogP) is 0.549. The third-order valence-corrected chi connectivity index (χ3v) is 2.97. The summed E-state index contributed by atoms with van der Waals surface area (Å²) < 4.78 is 0. The third kappa shape index (κ3) is 2.30. The molecule has 2 aromatic heterocycles. The van der Waals surface area contributed by atoms with Crippen LogP contribution in [-0.2, 0) is 4.79 Å². The van der Waals surface area contributed by atoms with Crippen molar-refractivity contribution in [3.8, 4) is 0 Å². The minimum absolute atomic E-state index is 0.0730. The minimum Gasteiger partial charge on any atom is -0.299 e. The van der Waals surface area contributed by atoms with Crippen LogP contribution in [0.4, 0.5) is 5.95 Å². The molecule has 1 aliphatic heterocycles. The van der Waals surface area contributed by atoms with Crippen molar-refractivity contribution in [1.29, 1.82) is 0 Å². The summed E-state index contributed by atoms with van der Waals surface area (Å²) in [5.41, 5.74) is 0.716. The van der Waals surface area contributed by atoms with Gasteiger partial charge in [-0.3, -0.25) is 20.0 Å². The molecule has 6 nitrogen and oxygen atoms in total. The first-order valence-electron chi connectivity index (χ1n) is 6.09. The van der Waals surface area contributed by atoms with Gasteiger partial charge in [-0.25, -0.2) is 9.97 Å². The van der Waals surface area contributed by atoms with E-state index in [1.54, 1.807) is 29.6 Å².